The van der Waals surface area contributed by atoms with E-state index in [9.17, 15) is 5.26 Å². The van der Waals surface area contributed by atoms with Crippen LogP contribution in [0.2, 0.25) is 0 Å². The lowest BCUT2D eigenvalue weighted by atomic mass is 9.79. The van der Waals surface area contributed by atoms with Crippen LogP contribution >= 0.6 is 0 Å². The number of hydrogen-bond acceptors (Lipinski definition) is 2. The lowest BCUT2D eigenvalue weighted by molar-refractivity contribution is -0.660. The molecule has 3 nitrogen and oxygen atoms in total. The summed E-state index contributed by atoms with van der Waals surface area (Å²) in [5.41, 5.74) is 9.00. The van der Waals surface area contributed by atoms with Gasteiger partial charge in [-0.1, -0.05) is 56.2 Å². The van der Waals surface area contributed by atoms with Crippen LogP contribution in [0.4, 0.5) is 0 Å². The summed E-state index contributed by atoms with van der Waals surface area (Å²) in [7, 11) is 2.06. The molecule has 1 aliphatic rings. The average Bonchev–Trinajstić information content (AvgIpc) is 3.28. The minimum absolute atomic E-state index is 0.643. The SMILES string of the molecule is Cc1ccc2c(oc3c(-c4ccc(C5CCC(C)CC5)cc4)c(C#N)ccc32)c1-c1cccc[n+]1C. The summed E-state index contributed by atoms with van der Waals surface area (Å²) < 4.78 is 8.82. The molecule has 0 saturated heterocycles. The molecule has 178 valence electrons. The maximum absolute atomic E-state index is 10.0. The Morgan fingerprint density at radius 2 is 1.53 bits per heavy atom. The number of nitriles is 1. The predicted molar refractivity (Wildman–Crippen MR) is 146 cm³/mol. The van der Waals surface area contributed by atoms with Gasteiger partial charge in [0.15, 0.2) is 6.20 Å². The van der Waals surface area contributed by atoms with Gasteiger partial charge in [-0.2, -0.15) is 5.26 Å². The molecular formula is C33H31N2O+. The van der Waals surface area contributed by atoms with E-state index in [0.29, 0.717) is 11.5 Å². The Kier molecular flexibility index (Phi) is 5.61. The van der Waals surface area contributed by atoms with Gasteiger partial charge in [0.1, 0.15) is 18.2 Å². The Balaban J connectivity index is 1.53. The highest BCUT2D eigenvalue weighted by molar-refractivity contribution is 6.13. The van der Waals surface area contributed by atoms with Crippen LogP contribution in [0, 0.1) is 24.2 Å². The molecule has 2 heterocycles. The minimum Gasteiger partial charge on any atom is -0.454 e. The van der Waals surface area contributed by atoms with Crippen molar-refractivity contribution in [2.75, 3.05) is 0 Å². The van der Waals surface area contributed by atoms with E-state index >= 15 is 0 Å². The first kappa shape index (κ1) is 22.6. The van der Waals surface area contributed by atoms with E-state index in [1.165, 1.54) is 31.2 Å². The van der Waals surface area contributed by atoms with Crippen molar-refractivity contribution in [3.63, 3.8) is 0 Å². The molecule has 0 aliphatic heterocycles. The summed E-state index contributed by atoms with van der Waals surface area (Å²) in [6.07, 6.45) is 7.21. The maximum Gasteiger partial charge on any atom is 0.216 e. The standard InChI is InChI=1S/C33H31N2O/c1-21-7-10-23(11-8-21)24-12-14-25(15-13-24)31-26(20-34)16-18-28-27-17-9-22(2)30(32(27)36-33(28)31)29-6-4-5-19-35(29)3/h4-6,9,12-19,21,23H,7-8,10-11H2,1-3H3/q+1. The molecule has 1 saturated carbocycles. The fourth-order valence-electron chi connectivity index (χ4n) is 6.00. The van der Waals surface area contributed by atoms with Crippen molar-refractivity contribution in [2.45, 2.75) is 45.4 Å². The van der Waals surface area contributed by atoms with E-state index in [-0.39, 0.29) is 0 Å². The fourth-order valence-corrected chi connectivity index (χ4v) is 6.00. The monoisotopic (exact) mass is 471 g/mol. The summed E-state index contributed by atoms with van der Waals surface area (Å²) in [5, 5.41) is 12.1. The molecule has 1 fully saturated rings. The topological polar surface area (TPSA) is 40.8 Å². The summed E-state index contributed by atoms with van der Waals surface area (Å²) in [4.78, 5) is 0. The Labute approximate surface area is 212 Å². The normalized spacial score (nSPS) is 17.9. The minimum atomic E-state index is 0.643. The zero-order valence-electron chi connectivity index (χ0n) is 21.2. The summed E-state index contributed by atoms with van der Waals surface area (Å²) in [6.45, 7) is 4.49. The summed E-state index contributed by atoms with van der Waals surface area (Å²) >= 11 is 0. The third-order valence-corrected chi connectivity index (χ3v) is 8.14. The van der Waals surface area contributed by atoms with Crippen LogP contribution in [0.1, 0.15) is 55.2 Å². The van der Waals surface area contributed by atoms with Crippen molar-refractivity contribution in [3.8, 4) is 28.5 Å². The third-order valence-electron chi connectivity index (χ3n) is 8.14. The Bertz CT molecular complexity index is 1630. The van der Waals surface area contributed by atoms with E-state index < -0.39 is 0 Å². The molecule has 0 unspecified atom stereocenters. The quantitative estimate of drug-likeness (QED) is 0.249. The van der Waals surface area contributed by atoms with Crippen LogP contribution in [-0.2, 0) is 7.05 Å². The molecule has 6 rings (SSSR count). The fraction of sp³-hybridized carbons (Fsp3) is 0.273. The molecule has 3 heteroatoms. The van der Waals surface area contributed by atoms with Crippen molar-refractivity contribution in [1.29, 1.82) is 5.26 Å². The number of rotatable bonds is 3. The largest absolute Gasteiger partial charge is 0.454 e. The van der Waals surface area contributed by atoms with Crippen LogP contribution in [0.3, 0.4) is 0 Å². The van der Waals surface area contributed by atoms with Gasteiger partial charge in [-0.15, -0.1) is 0 Å². The van der Waals surface area contributed by atoms with Gasteiger partial charge in [-0.05, 0) is 66.5 Å². The molecule has 0 atom stereocenters. The highest BCUT2D eigenvalue weighted by Crippen LogP contribution is 2.42. The van der Waals surface area contributed by atoms with Crippen LogP contribution in [-0.4, -0.2) is 0 Å². The zero-order chi connectivity index (χ0) is 24.8. The molecular weight excluding hydrogens is 440 g/mol. The van der Waals surface area contributed by atoms with Crippen LogP contribution in [0.25, 0.3) is 44.3 Å². The number of furan rings is 1. The number of aromatic nitrogens is 1. The highest BCUT2D eigenvalue weighted by Gasteiger charge is 2.24. The lowest BCUT2D eigenvalue weighted by Crippen LogP contribution is -2.30. The number of nitrogens with zero attached hydrogens (tertiary/aromatic N) is 2. The van der Waals surface area contributed by atoms with Crippen molar-refractivity contribution >= 4 is 21.9 Å². The van der Waals surface area contributed by atoms with Crippen LogP contribution < -0.4 is 4.57 Å². The van der Waals surface area contributed by atoms with E-state index in [1.807, 2.05) is 18.2 Å². The molecule has 36 heavy (non-hydrogen) atoms. The van der Waals surface area contributed by atoms with E-state index in [0.717, 1.165) is 55.8 Å². The second-order valence-corrected chi connectivity index (χ2v) is 10.5. The van der Waals surface area contributed by atoms with Crippen LogP contribution in [0.15, 0.2) is 77.3 Å². The number of hydrogen-bond donors (Lipinski definition) is 0. The maximum atomic E-state index is 10.0. The van der Waals surface area contributed by atoms with Crippen molar-refractivity contribution < 1.29 is 8.98 Å². The first-order valence-corrected chi connectivity index (χ1v) is 13.0. The van der Waals surface area contributed by atoms with Gasteiger partial charge in [0.25, 0.3) is 0 Å². The summed E-state index contributed by atoms with van der Waals surface area (Å²) in [5.74, 6) is 1.49. The lowest BCUT2D eigenvalue weighted by Gasteiger charge is -2.26. The van der Waals surface area contributed by atoms with Gasteiger partial charge >= 0.3 is 0 Å². The van der Waals surface area contributed by atoms with Gasteiger partial charge in [-0.25, -0.2) is 4.57 Å². The second kappa shape index (κ2) is 8.95. The van der Waals surface area contributed by atoms with Gasteiger partial charge in [0, 0.05) is 28.5 Å². The Morgan fingerprint density at radius 1 is 0.833 bits per heavy atom. The van der Waals surface area contributed by atoms with Crippen LogP contribution in [0.5, 0.6) is 0 Å². The number of pyridine rings is 1. The van der Waals surface area contributed by atoms with E-state index in [4.69, 9.17) is 4.42 Å². The number of fused-ring (bicyclic) bond motifs is 3. The molecule has 0 radical (unpaired) electrons. The highest BCUT2D eigenvalue weighted by atomic mass is 16.3. The smallest absolute Gasteiger partial charge is 0.216 e. The first-order chi connectivity index (χ1) is 17.5. The van der Waals surface area contributed by atoms with Gasteiger partial charge in [0.2, 0.25) is 5.69 Å². The molecule has 1 aliphatic carbocycles. The molecule has 2 aromatic heterocycles. The van der Waals surface area contributed by atoms with Crippen molar-refractivity contribution in [2.24, 2.45) is 13.0 Å². The molecule has 0 amide bonds. The molecule has 3 aromatic carbocycles. The average molecular weight is 472 g/mol. The molecule has 5 aromatic rings. The molecule has 0 N–H and O–H groups in total. The Morgan fingerprint density at radius 3 is 2.22 bits per heavy atom. The third kappa shape index (κ3) is 3.69. The molecule has 0 bridgehead atoms. The van der Waals surface area contributed by atoms with Crippen molar-refractivity contribution in [1.82, 2.24) is 0 Å². The molecule has 0 spiro atoms. The van der Waals surface area contributed by atoms with Gasteiger partial charge in [-0.3, -0.25) is 0 Å². The van der Waals surface area contributed by atoms with Crippen molar-refractivity contribution in [3.05, 3.63) is 89.6 Å². The number of benzene rings is 3. The second-order valence-electron chi connectivity index (χ2n) is 10.5. The van der Waals surface area contributed by atoms with E-state index in [2.05, 4.69) is 86.3 Å². The summed E-state index contributed by atoms with van der Waals surface area (Å²) in [6, 6.07) is 25.8. The predicted octanol–water partition coefficient (Wildman–Crippen LogP) is 8.22. The van der Waals surface area contributed by atoms with E-state index in [1.54, 1.807) is 0 Å². The van der Waals surface area contributed by atoms with Gasteiger partial charge < -0.3 is 4.42 Å². The zero-order valence-corrected chi connectivity index (χ0v) is 21.2. The van der Waals surface area contributed by atoms with Gasteiger partial charge in [0.05, 0.1) is 17.2 Å². The number of aryl methyl sites for hydroxylation is 2. The Hall–Kier alpha value is -3.90. The first-order valence-electron chi connectivity index (χ1n) is 13.0.